The lowest BCUT2D eigenvalue weighted by molar-refractivity contribution is -0.150. The first-order valence-corrected chi connectivity index (χ1v) is 11.4. The van der Waals surface area contributed by atoms with Crippen LogP contribution in [0.15, 0.2) is 24.5 Å². The zero-order valence-corrected chi connectivity index (χ0v) is 19.1. The average molecular weight is 455 g/mol. The largest absolute Gasteiger partial charge is 0.390 e. The molecule has 1 aromatic heterocycles. The molecule has 3 rings (SSSR count). The second-order valence-electron chi connectivity index (χ2n) is 9.44. The summed E-state index contributed by atoms with van der Waals surface area (Å²) < 4.78 is 38.5. The van der Waals surface area contributed by atoms with E-state index in [9.17, 15) is 22.8 Å². The van der Waals surface area contributed by atoms with Crippen molar-refractivity contribution in [3.05, 3.63) is 30.1 Å². The lowest BCUT2D eigenvalue weighted by Crippen LogP contribution is -2.58. The number of amides is 3. The van der Waals surface area contributed by atoms with Gasteiger partial charge >= 0.3 is 12.2 Å². The summed E-state index contributed by atoms with van der Waals surface area (Å²) in [6.45, 7) is 7.10. The third-order valence-corrected chi connectivity index (χ3v) is 6.51. The van der Waals surface area contributed by atoms with Gasteiger partial charge in [-0.2, -0.15) is 13.2 Å². The summed E-state index contributed by atoms with van der Waals surface area (Å²) in [5, 5.41) is 0. The molecule has 0 unspecified atom stereocenters. The maximum atomic E-state index is 13.5. The van der Waals surface area contributed by atoms with Crippen LogP contribution in [0.3, 0.4) is 0 Å². The van der Waals surface area contributed by atoms with Crippen molar-refractivity contribution in [1.29, 1.82) is 0 Å². The van der Waals surface area contributed by atoms with Crippen molar-refractivity contribution < 1.29 is 22.8 Å². The fraction of sp³-hybridized carbons (Fsp3) is 0.696. The molecule has 0 aromatic carbocycles. The van der Waals surface area contributed by atoms with Crippen LogP contribution >= 0.6 is 0 Å². The molecule has 3 amide bonds. The number of hydrogen-bond acceptors (Lipinski definition) is 4. The summed E-state index contributed by atoms with van der Waals surface area (Å²) in [5.41, 5.74) is 0.108. The molecule has 6 nitrogen and oxygen atoms in total. The highest BCUT2D eigenvalue weighted by Gasteiger charge is 2.58. The van der Waals surface area contributed by atoms with E-state index in [-0.39, 0.29) is 17.9 Å². The van der Waals surface area contributed by atoms with Gasteiger partial charge in [0, 0.05) is 44.6 Å². The number of urea groups is 1. The van der Waals surface area contributed by atoms with E-state index in [4.69, 9.17) is 0 Å². The maximum absolute atomic E-state index is 13.5. The molecule has 2 fully saturated rings. The number of hydrogen-bond donors (Lipinski definition) is 0. The molecule has 0 bridgehead atoms. The Kier molecular flexibility index (Phi) is 7.47. The number of pyridine rings is 1. The molecule has 1 atom stereocenters. The maximum Gasteiger partial charge on any atom is 0.390 e. The van der Waals surface area contributed by atoms with E-state index in [1.807, 2.05) is 26.0 Å². The van der Waals surface area contributed by atoms with Crippen molar-refractivity contribution in [2.45, 2.75) is 70.6 Å². The van der Waals surface area contributed by atoms with Gasteiger partial charge in [0.25, 0.3) is 5.91 Å². The molecule has 2 saturated heterocycles. The van der Waals surface area contributed by atoms with Crippen molar-refractivity contribution in [3.8, 4) is 0 Å². The number of aryl methyl sites for hydroxylation is 1. The second kappa shape index (κ2) is 9.77. The summed E-state index contributed by atoms with van der Waals surface area (Å²) in [7, 11) is 0. The van der Waals surface area contributed by atoms with Crippen molar-refractivity contribution in [2.24, 2.45) is 5.92 Å². The Bertz CT molecular complexity index is 792. The van der Waals surface area contributed by atoms with Gasteiger partial charge in [-0.05, 0) is 50.2 Å². The fourth-order valence-corrected chi connectivity index (χ4v) is 4.87. The van der Waals surface area contributed by atoms with Gasteiger partial charge in [-0.3, -0.25) is 14.7 Å². The highest BCUT2D eigenvalue weighted by molar-refractivity contribution is 6.07. The van der Waals surface area contributed by atoms with Crippen LogP contribution in [-0.2, 0) is 11.2 Å². The molecule has 0 saturated carbocycles. The molecule has 0 radical (unpaired) electrons. The van der Waals surface area contributed by atoms with E-state index < -0.39 is 24.2 Å². The van der Waals surface area contributed by atoms with Gasteiger partial charge in [-0.25, -0.2) is 4.79 Å². The number of alkyl halides is 3. The van der Waals surface area contributed by atoms with E-state index in [0.717, 1.165) is 5.56 Å². The molecular formula is C23H33F3N4O2. The van der Waals surface area contributed by atoms with E-state index in [2.05, 4.69) is 4.98 Å². The van der Waals surface area contributed by atoms with Gasteiger partial charge in [-0.15, -0.1) is 0 Å². The molecule has 1 aromatic rings. The minimum atomic E-state index is -4.22. The molecule has 0 N–H and O–H groups in total. The van der Waals surface area contributed by atoms with E-state index >= 15 is 0 Å². The highest BCUT2D eigenvalue weighted by atomic mass is 19.4. The van der Waals surface area contributed by atoms with Crippen LogP contribution in [0.1, 0.15) is 52.0 Å². The first-order valence-electron chi connectivity index (χ1n) is 11.4. The van der Waals surface area contributed by atoms with Crippen LogP contribution in [-0.4, -0.2) is 75.6 Å². The zero-order valence-electron chi connectivity index (χ0n) is 19.1. The molecule has 3 heterocycles. The summed E-state index contributed by atoms with van der Waals surface area (Å²) >= 11 is 0. The minimum absolute atomic E-state index is 0.182. The highest BCUT2D eigenvalue weighted by Crippen LogP contribution is 2.39. The summed E-state index contributed by atoms with van der Waals surface area (Å²) in [5.74, 6) is -0.0152. The molecule has 178 valence electrons. The van der Waals surface area contributed by atoms with Crippen LogP contribution < -0.4 is 0 Å². The first-order chi connectivity index (χ1) is 15.0. The number of piperidine rings is 1. The number of likely N-dealkylation sites (tertiary alicyclic amines) is 1. The number of carbonyl (C=O) groups excluding carboxylic acids is 2. The molecule has 2 aliphatic rings. The third-order valence-electron chi connectivity index (χ3n) is 6.51. The summed E-state index contributed by atoms with van der Waals surface area (Å²) in [6, 6.07) is 2.90. The SMILES string of the molecule is CC(C)CN1C(=O)N(CCCc2cccnc2)C(=O)C12CCN([C@H](C)CC(F)(F)F)CC2. The number of aromatic nitrogens is 1. The number of imide groups is 1. The van der Waals surface area contributed by atoms with Gasteiger partial charge in [0.2, 0.25) is 0 Å². The predicted molar refractivity (Wildman–Crippen MR) is 115 cm³/mol. The Labute approximate surface area is 187 Å². The molecule has 9 heteroatoms. The third kappa shape index (κ3) is 5.42. The topological polar surface area (TPSA) is 56.8 Å². The zero-order chi connectivity index (χ0) is 23.5. The monoisotopic (exact) mass is 454 g/mol. The van der Waals surface area contributed by atoms with Gasteiger partial charge in [-0.1, -0.05) is 19.9 Å². The molecule has 1 spiro atoms. The Balaban J connectivity index is 1.69. The Morgan fingerprint density at radius 2 is 1.84 bits per heavy atom. The van der Waals surface area contributed by atoms with Crippen LogP contribution in [0.5, 0.6) is 0 Å². The van der Waals surface area contributed by atoms with Crippen molar-refractivity contribution in [3.63, 3.8) is 0 Å². The quantitative estimate of drug-likeness (QED) is 0.555. The predicted octanol–water partition coefficient (Wildman–Crippen LogP) is 4.11. The van der Waals surface area contributed by atoms with Gasteiger partial charge in [0.1, 0.15) is 5.54 Å². The molecule has 32 heavy (non-hydrogen) atoms. The molecule has 0 aliphatic carbocycles. The number of halogens is 3. The van der Waals surface area contributed by atoms with Crippen molar-refractivity contribution in [2.75, 3.05) is 26.2 Å². The normalized spacial score (nSPS) is 20.6. The van der Waals surface area contributed by atoms with Gasteiger partial charge in [0.05, 0.1) is 6.42 Å². The van der Waals surface area contributed by atoms with Crippen LogP contribution in [0, 0.1) is 5.92 Å². The van der Waals surface area contributed by atoms with E-state index in [0.29, 0.717) is 51.9 Å². The summed E-state index contributed by atoms with van der Waals surface area (Å²) in [4.78, 5) is 35.6. The van der Waals surface area contributed by atoms with Crippen LogP contribution in [0.4, 0.5) is 18.0 Å². The van der Waals surface area contributed by atoms with Crippen LogP contribution in [0.25, 0.3) is 0 Å². The number of nitrogens with zero attached hydrogens (tertiary/aromatic N) is 4. The van der Waals surface area contributed by atoms with Crippen molar-refractivity contribution in [1.82, 2.24) is 19.7 Å². The Morgan fingerprint density at radius 3 is 2.41 bits per heavy atom. The second-order valence-corrected chi connectivity index (χ2v) is 9.44. The fourth-order valence-electron chi connectivity index (χ4n) is 4.87. The molecule has 2 aliphatic heterocycles. The lowest BCUT2D eigenvalue weighted by atomic mass is 9.84. The minimum Gasteiger partial charge on any atom is -0.309 e. The van der Waals surface area contributed by atoms with Crippen LogP contribution in [0.2, 0.25) is 0 Å². The summed E-state index contributed by atoms with van der Waals surface area (Å²) in [6.07, 6.45) is 0.474. The van der Waals surface area contributed by atoms with Gasteiger partial charge in [0.15, 0.2) is 0 Å². The van der Waals surface area contributed by atoms with E-state index in [1.165, 1.54) is 4.90 Å². The number of rotatable bonds is 8. The Morgan fingerprint density at radius 1 is 1.16 bits per heavy atom. The van der Waals surface area contributed by atoms with Crippen molar-refractivity contribution >= 4 is 11.9 Å². The first kappa shape index (κ1) is 24.5. The standard InChI is InChI=1S/C23H33F3N4O2/c1-17(2)16-30-21(32)29(11-5-7-19-6-4-10-27-15-19)20(31)22(30)8-12-28(13-9-22)18(3)14-23(24,25)26/h4,6,10,15,17-18H,5,7-9,11-14,16H2,1-3H3/t18-/m1/s1. The lowest BCUT2D eigenvalue weighted by Gasteiger charge is -2.44. The Hall–Kier alpha value is -2.16. The number of carbonyl (C=O) groups is 2. The van der Waals surface area contributed by atoms with Gasteiger partial charge < -0.3 is 9.80 Å². The smallest absolute Gasteiger partial charge is 0.309 e. The average Bonchev–Trinajstić information content (AvgIpc) is 2.90. The molecular weight excluding hydrogens is 421 g/mol. The van der Waals surface area contributed by atoms with E-state index in [1.54, 1.807) is 29.1 Å².